The number of hydrogen-bond acceptors (Lipinski definition) is 8. The Bertz CT molecular complexity index is 636. The van der Waals surface area contributed by atoms with Gasteiger partial charge in [0, 0.05) is 46.2 Å². The second-order valence-electron chi connectivity index (χ2n) is 10.6. The van der Waals surface area contributed by atoms with Crippen molar-refractivity contribution < 1.29 is 76.1 Å². The molecule has 5 rings (SSSR count). The molecule has 0 radical (unpaired) electrons. The molecule has 0 saturated carbocycles. The third-order valence-electron chi connectivity index (χ3n) is 6.97. The summed E-state index contributed by atoms with van der Waals surface area (Å²) in [6, 6.07) is 0. The fraction of sp³-hybridized carbons (Fsp3) is 0.969. The van der Waals surface area contributed by atoms with E-state index in [1.807, 2.05) is 46.7 Å². The first-order valence-electron chi connectivity index (χ1n) is 16.0. The molecule has 0 aromatic heterocycles. The van der Waals surface area contributed by atoms with E-state index < -0.39 is 9.84 Å². The van der Waals surface area contributed by atoms with Crippen LogP contribution in [0.5, 0.6) is 0 Å². The summed E-state index contributed by atoms with van der Waals surface area (Å²) in [6.07, 6.45) is 6.09. The van der Waals surface area contributed by atoms with Crippen molar-refractivity contribution in [3.63, 3.8) is 0 Å². The molecule has 0 atom stereocenters. The number of ether oxygens (including phenoxy) is 1. The molecule has 44 heavy (non-hydrogen) atoms. The van der Waals surface area contributed by atoms with Crippen molar-refractivity contribution in [1.82, 2.24) is 24.5 Å². The van der Waals surface area contributed by atoms with E-state index in [0.717, 1.165) is 71.9 Å². The molecule has 1 amide bonds. The van der Waals surface area contributed by atoms with Crippen LogP contribution in [0.4, 0.5) is 0 Å². The van der Waals surface area contributed by atoms with Gasteiger partial charge in [0.15, 0.2) is 9.84 Å². The molecular weight excluding hydrogens is 650 g/mol. The van der Waals surface area contributed by atoms with Crippen LogP contribution in [-0.4, -0.2) is 171 Å². The van der Waals surface area contributed by atoms with Gasteiger partial charge in [0.1, 0.15) is 0 Å². The number of carbonyl (C=O) groups is 1. The first kappa shape index (κ1) is 54.4. The van der Waals surface area contributed by atoms with E-state index in [2.05, 4.69) is 41.2 Å². The Labute approximate surface area is 325 Å². The molecule has 10 nitrogen and oxygen atoms in total. The minimum atomic E-state index is -2.66. The number of piperidine rings is 1. The Kier molecular flexibility index (Phi) is 45.5. The molecule has 0 aromatic carbocycles. The van der Waals surface area contributed by atoms with Crippen molar-refractivity contribution in [2.45, 2.75) is 74.7 Å². The maximum atomic E-state index is 10.8. The zero-order valence-corrected chi connectivity index (χ0v) is 35.1. The number of likely N-dealkylation sites (N-methyl/N-ethyl adjacent to an activating group) is 2. The van der Waals surface area contributed by atoms with Crippen LogP contribution < -0.4 is 58.2 Å². The molecule has 12 heteroatoms. The zero-order valence-electron chi connectivity index (χ0n) is 29.4. The van der Waals surface area contributed by atoms with Gasteiger partial charge in [-0.15, -0.1) is 13.1 Å². The number of sulfone groups is 1. The number of piperazine rings is 1. The standard InChI is InChI=1S/C6H13N.C5H11N2.C5H11NO2S.C5H11NO.C5H9NO.2C2H6.2CH4.Rb/c1-7-5-3-2-4-6-7;1-7-4-2-6-3-5-7;1-6-2-4-9(7,8)5-3-6;1-6-2-4-7-5-3-6;1-6-4-2-3-5(6)7;2*1-2;;;/h2-6H2,1H3;2-5H2,1H3;2-5H2,1H3;2-5H2,1H3;2-4H2,1H3;2*1-2H3;2*1H4;/q;-1;;;;;;;;+1. The molecule has 0 aliphatic carbocycles. The van der Waals surface area contributed by atoms with Crippen molar-refractivity contribution >= 4 is 15.7 Å². The second-order valence-corrected chi connectivity index (χ2v) is 12.9. The minimum absolute atomic E-state index is 0. The Morgan fingerprint density at radius 3 is 1.23 bits per heavy atom. The Morgan fingerprint density at radius 1 is 0.591 bits per heavy atom. The number of likely N-dealkylation sites (tertiary alicyclic amines) is 2. The third-order valence-corrected chi connectivity index (χ3v) is 8.58. The van der Waals surface area contributed by atoms with Gasteiger partial charge in [-0.2, -0.15) is 0 Å². The van der Waals surface area contributed by atoms with Crippen LogP contribution in [0.15, 0.2) is 0 Å². The van der Waals surface area contributed by atoms with E-state index in [1.165, 1.54) is 32.4 Å². The molecule has 264 valence electrons. The van der Waals surface area contributed by atoms with Crippen LogP contribution in [0.3, 0.4) is 0 Å². The van der Waals surface area contributed by atoms with Crippen LogP contribution in [0, 0.1) is 0 Å². The molecule has 5 aliphatic heterocycles. The average Bonchev–Trinajstić information content (AvgIpc) is 3.37. The van der Waals surface area contributed by atoms with Crippen molar-refractivity contribution in [1.29, 1.82) is 0 Å². The van der Waals surface area contributed by atoms with Crippen molar-refractivity contribution in [2.75, 3.05) is 132 Å². The number of carbonyl (C=O) groups excluding carboxylic acids is 1. The molecule has 0 bridgehead atoms. The first-order valence-corrected chi connectivity index (χ1v) is 17.8. The Balaban J connectivity index is -0.000000138. The van der Waals surface area contributed by atoms with E-state index >= 15 is 0 Å². The summed E-state index contributed by atoms with van der Waals surface area (Å²) in [6.45, 7) is 21.4. The molecule has 0 unspecified atom stereocenters. The summed E-state index contributed by atoms with van der Waals surface area (Å²) >= 11 is 0. The summed E-state index contributed by atoms with van der Waals surface area (Å²) in [5, 5.41) is 4.19. The van der Waals surface area contributed by atoms with Gasteiger partial charge in [-0.25, -0.2) is 8.42 Å². The van der Waals surface area contributed by atoms with Gasteiger partial charge in [0.25, 0.3) is 0 Å². The SMILES string of the molecule is C.C.CC.CC.CN1CCCC1=O.CN1CCCCC1.CN1CCOCC1.CN1CCS(=O)(=O)CC1.CN1CC[N-]CC1.[Rb+]. The second kappa shape index (κ2) is 36.8. The van der Waals surface area contributed by atoms with Crippen molar-refractivity contribution in [3.05, 3.63) is 5.32 Å². The molecule has 0 N–H and O–H groups in total. The van der Waals surface area contributed by atoms with Gasteiger partial charge in [0.05, 0.1) is 24.7 Å². The van der Waals surface area contributed by atoms with E-state index in [0.29, 0.717) is 30.5 Å². The van der Waals surface area contributed by atoms with Gasteiger partial charge in [-0.05, 0) is 73.6 Å². The normalized spacial score (nSPS) is 21.5. The van der Waals surface area contributed by atoms with Crippen LogP contribution in [0.2, 0.25) is 0 Å². The van der Waals surface area contributed by atoms with Crippen molar-refractivity contribution in [3.8, 4) is 0 Å². The molecule has 5 heterocycles. The van der Waals surface area contributed by atoms with Crippen LogP contribution in [0.1, 0.15) is 74.7 Å². The monoisotopic (exact) mass is 724 g/mol. The maximum absolute atomic E-state index is 10.8. The summed E-state index contributed by atoms with van der Waals surface area (Å²) in [5.74, 6) is 0.965. The maximum Gasteiger partial charge on any atom is 1.00 e. The first-order chi connectivity index (χ1) is 19.6. The predicted octanol–water partition coefficient (Wildman–Crippen LogP) is 1.27. The number of rotatable bonds is 0. The molecule has 0 aromatic rings. The average molecular weight is 726 g/mol. The van der Waals surface area contributed by atoms with Crippen LogP contribution in [-0.2, 0) is 19.4 Å². The van der Waals surface area contributed by atoms with Crippen LogP contribution in [0.25, 0.3) is 5.32 Å². The van der Waals surface area contributed by atoms with Crippen molar-refractivity contribution in [2.24, 2.45) is 0 Å². The summed E-state index contributed by atoms with van der Waals surface area (Å²) in [7, 11) is 7.57. The van der Waals surface area contributed by atoms with Crippen LogP contribution >= 0.6 is 0 Å². The fourth-order valence-electron chi connectivity index (χ4n) is 4.00. The van der Waals surface area contributed by atoms with Gasteiger partial charge in [0.2, 0.25) is 5.91 Å². The summed E-state index contributed by atoms with van der Waals surface area (Å²) < 4.78 is 26.6. The molecular formula is C32H75N6O4RbS. The third kappa shape index (κ3) is 34.3. The van der Waals surface area contributed by atoms with Gasteiger partial charge in [-0.3, -0.25) is 4.79 Å². The van der Waals surface area contributed by atoms with E-state index in [-0.39, 0.29) is 73.0 Å². The van der Waals surface area contributed by atoms with Gasteiger partial charge in [-0.1, -0.05) is 49.0 Å². The quantitative estimate of drug-likeness (QED) is 0.370. The number of amides is 1. The van der Waals surface area contributed by atoms with E-state index in [1.54, 1.807) is 4.90 Å². The Morgan fingerprint density at radius 2 is 1.00 bits per heavy atom. The molecule has 5 aliphatic rings. The fourth-order valence-corrected chi connectivity index (χ4v) is 5.38. The van der Waals surface area contributed by atoms with E-state index in [4.69, 9.17) is 4.74 Å². The number of nitrogens with zero attached hydrogens (tertiary/aromatic N) is 6. The number of morpholine rings is 1. The molecule has 0 spiro atoms. The van der Waals surface area contributed by atoms with Gasteiger partial charge < -0.3 is 34.6 Å². The largest absolute Gasteiger partial charge is 1.00 e. The topological polar surface area (TPSA) is 90.7 Å². The smallest absolute Gasteiger partial charge is 0.660 e. The number of hydrogen-bond donors (Lipinski definition) is 0. The van der Waals surface area contributed by atoms with E-state index in [9.17, 15) is 13.2 Å². The zero-order chi connectivity index (χ0) is 31.5. The molecule has 5 saturated heterocycles. The Hall–Kier alpha value is 0.985. The van der Waals surface area contributed by atoms with Gasteiger partial charge >= 0.3 is 58.2 Å². The predicted molar refractivity (Wildman–Crippen MR) is 189 cm³/mol. The summed E-state index contributed by atoms with van der Waals surface area (Å²) in [4.78, 5) is 21.3. The summed E-state index contributed by atoms with van der Waals surface area (Å²) in [5.41, 5.74) is 0. The molecule has 5 fully saturated rings. The minimum Gasteiger partial charge on any atom is -0.660 e.